The molecule has 9 heteroatoms. The first-order chi connectivity index (χ1) is 20.0. The molecule has 1 aliphatic rings. The Hall–Kier alpha value is -4.50. The number of aryl methyl sites for hydroxylation is 1. The zero-order chi connectivity index (χ0) is 28.6. The number of urea groups is 1. The highest BCUT2D eigenvalue weighted by Gasteiger charge is 2.36. The molecule has 2 N–H and O–H groups in total. The van der Waals surface area contributed by atoms with Gasteiger partial charge in [0.25, 0.3) is 0 Å². The second-order valence-electron chi connectivity index (χ2n) is 9.96. The van der Waals surface area contributed by atoms with Crippen LogP contribution in [0.15, 0.2) is 90.4 Å². The maximum atomic E-state index is 13.9. The average Bonchev–Trinajstić information content (AvgIpc) is 3.52. The van der Waals surface area contributed by atoms with Crippen molar-refractivity contribution in [3.8, 4) is 0 Å². The van der Waals surface area contributed by atoms with Gasteiger partial charge in [0.05, 0.1) is 31.8 Å². The number of anilines is 1. The van der Waals surface area contributed by atoms with E-state index < -0.39 is 12.0 Å². The molecule has 0 saturated carbocycles. The smallest absolute Gasteiger partial charge is 0.337 e. The molecule has 5 rings (SSSR count). The van der Waals surface area contributed by atoms with Crippen LogP contribution < -0.4 is 10.6 Å². The van der Waals surface area contributed by atoms with Crippen LogP contribution in [-0.2, 0) is 28.9 Å². The number of esters is 1. The lowest BCUT2D eigenvalue weighted by Crippen LogP contribution is -2.46. The number of ether oxygens (including phenoxy) is 1. The minimum Gasteiger partial charge on any atom is -0.465 e. The normalized spacial score (nSPS) is 15.8. The Labute approximate surface area is 243 Å². The lowest BCUT2D eigenvalue weighted by Gasteiger charge is -2.41. The highest BCUT2D eigenvalue weighted by molar-refractivity contribution is 7.09. The highest BCUT2D eigenvalue weighted by Crippen LogP contribution is 2.41. The lowest BCUT2D eigenvalue weighted by atomic mass is 9.76. The van der Waals surface area contributed by atoms with Crippen LogP contribution in [-0.4, -0.2) is 41.4 Å². The molecule has 2 unspecified atom stereocenters. The van der Waals surface area contributed by atoms with E-state index in [1.54, 1.807) is 24.4 Å². The van der Waals surface area contributed by atoms with Crippen molar-refractivity contribution in [1.29, 1.82) is 0 Å². The monoisotopic (exact) mass is 568 g/mol. The summed E-state index contributed by atoms with van der Waals surface area (Å²) >= 11 is 1.51. The van der Waals surface area contributed by atoms with Crippen molar-refractivity contribution >= 4 is 34.9 Å². The molecule has 3 amide bonds. The van der Waals surface area contributed by atoms with Crippen LogP contribution in [0.5, 0.6) is 0 Å². The lowest BCUT2D eigenvalue weighted by molar-refractivity contribution is -0.135. The molecular formula is C32H32N4O4S. The van der Waals surface area contributed by atoms with E-state index in [0.717, 1.165) is 29.8 Å². The molecular weight excluding hydrogens is 536 g/mol. The number of nitrogens with one attached hydrogen (secondary N) is 2. The van der Waals surface area contributed by atoms with Gasteiger partial charge >= 0.3 is 12.0 Å². The molecule has 0 bridgehead atoms. The predicted molar refractivity (Wildman–Crippen MR) is 159 cm³/mol. The van der Waals surface area contributed by atoms with Gasteiger partial charge in [0.1, 0.15) is 5.01 Å². The number of fused-ring (bicyclic) bond motifs is 1. The van der Waals surface area contributed by atoms with Gasteiger partial charge in [0.2, 0.25) is 5.91 Å². The molecule has 0 aliphatic heterocycles. The molecule has 3 aromatic carbocycles. The van der Waals surface area contributed by atoms with Crippen LogP contribution in [0.1, 0.15) is 44.5 Å². The van der Waals surface area contributed by atoms with Crippen molar-refractivity contribution in [2.45, 2.75) is 31.8 Å². The van der Waals surface area contributed by atoms with Gasteiger partial charge in [-0.1, -0.05) is 60.7 Å². The number of amides is 3. The molecule has 8 nitrogen and oxygen atoms in total. The van der Waals surface area contributed by atoms with E-state index >= 15 is 0 Å². The number of carbonyl (C=O) groups is 3. The number of nitrogens with zero attached hydrogens (tertiary/aromatic N) is 2. The van der Waals surface area contributed by atoms with Gasteiger partial charge in [-0.2, -0.15) is 0 Å². The third kappa shape index (κ3) is 6.99. The Kier molecular flexibility index (Phi) is 9.05. The van der Waals surface area contributed by atoms with Gasteiger partial charge in [-0.3, -0.25) is 4.79 Å². The summed E-state index contributed by atoms with van der Waals surface area (Å²) in [5.74, 6) is -0.496. The number of aromatic nitrogens is 1. The summed E-state index contributed by atoms with van der Waals surface area (Å²) in [7, 11) is 1.30. The topological polar surface area (TPSA) is 101 Å². The number of benzene rings is 3. The molecule has 0 saturated heterocycles. The fourth-order valence-corrected chi connectivity index (χ4v) is 6.06. The maximum Gasteiger partial charge on any atom is 0.337 e. The maximum absolute atomic E-state index is 13.9. The summed E-state index contributed by atoms with van der Waals surface area (Å²) in [5.41, 5.74) is 4.36. The van der Waals surface area contributed by atoms with Crippen molar-refractivity contribution < 1.29 is 19.1 Å². The Morgan fingerprint density at radius 1 is 1.02 bits per heavy atom. The van der Waals surface area contributed by atoms with E-state index in [2.05, 4.69) is 39.9 Å². The first-order valence-corrected chi connectivity index (χ1v) is 14.4. The summed E-state index contributed by atoms with van der Waals surface area (Å²) in [5, 5.41) is 8.15. The number of hydrogen-bond donors (Lipinski definition) is 2. The molecule has 1 heterocycles. The van der Waals surface area contributed by atoms with E-state index in [1.807, 2.05) is 40.6 Å². The van der Waals surface area contributed by atoms with Crippen molar-refractivity contribution in [3.05, 3.63) is 118 Å². The second kappa shape index (κ2) is 13.2. The zero-order valence-corrected chi connectivity index (χ0v) is 23.6. The van der Waals surface area contributed by atoms with Crippen molar-refractivity contribution in [2.24, 2.45) is 5.92 Å². The number of hydrogen-bond acceptors (Lipinski definition) is 6. The van der Waals surface area contributed by atoms with E-state index in [-0.39, 0.29) is 24.4 Å². The van der Waals surface area contributed by atoms with E-state index in [9.17, 15) is 14.4 Å². The van der Waals surface area contributed by atoms with Gasteiger partial charge in [-0.25, -0.2) is 14.6 Å². The van der Waals surface area contributed by atoms with Gasteiger partial charge in [0, 0.05) is 17.3 Å². The summed E-state index contributed by atoms with van der Waals surface area (Å²) in [6, 6.07) is 24.4. The van der Waals surface area contributed by atoms with E-state index in [4.69, 9.17) is 4.74 Å². The van der Waals surface area contributed by atoms with Crippen molar-refractivity contribution in [3.63, 3.8) is 0 Å². The highest BCUT2D eigenvalue weighted by atomic mass is 32.1. The van der Waals surface area contributed by atoms with Crippen LogP contribution in [0, 0.1) is 5.92 Å². The summed E-state index contributed by atoms with van der Waals surface area (Å²) in [6.07, 6.45) is 4.48. The summed E-state index contributed by atoms with van der Waals surface area (Å²) in [4.78, 5) is 44.9. The van der Waals surface area contributed by atoms with Crippen molar-refractivity contribution in [1.82, 2.24) is 15.2 Å². The number of methoxy groups -OCH3 is 1. The zero-order valence-electron chi connectivity index (χ0n) is 22.8. The standard InChI is InChI=1S/C32H32N4O4S/c1-40-31(38)25-11-7-12-26(19-25)35-32(39)34-20-29(37)36(21-28-33-16-17-41-28)30-24(18-22-8-3-2-4-9-22)15-14-23-10-5-6-13-27(23)30/h2-13,16-17,19,24,30H,14-15,18,20-21H2,1H3,(H2,34,35,39). The molecule has 210 valence electrons. The molecule has 4 aromatic rings. The van der Waals surface area contributed by atoms with Crippen molar-refractivity contribution in [2.75, 3.05) is 19.0 Å². The molecule has 0 radical (unpaired) electrons. The van der Waals surface area contributed by atoms with Crippen LogP contribution in [0.25, 0.3) is 0 Å². The molecule has 1 aromatic heterocycles. The van der Waals surface area contributed by atoms with E-state index in [1.165, 1.54) is 35.6 Å². The molecule has 2 atom stereocenters. The summed E-state index contributed by atoms with van der Waals surface area (Å²) < 4.78 is 4.75. The largest absolute Gasteiger partial charge is 0.465 e. The quantitative estimate of drug-likeness (QED) is 0.255. The Balaban J connectivity index is 1.37. The van der Waals surface area contributed by atoms with E-state index in [0.29, 0.717) is 17.8 Å². The third-order valence-electron chi connectivity index (χ3n) is 7.33. The number of carbonyl (C=O) groups excluding carboxylic acids is 3. The molecule has 1 aliphatic carbocycles. The van der Waals surface area contributed by atoms with Crippen LogP contribution in [0.3, 0.4) is 0 Å². The van der Waals surface area contributed by atoms with Crippen LogP contribution in [0.2, 0.25) is 0 Å². The Morgan fingerprint density at radius 2 is 1.83 bits per heavy atom. The van der Waals surface area contributed by atoms with Crippen LogP contribution >= 0.6 is 11.3 Å². The first-order valence-electron chi connectivity index (χ1n) is 13.5. The summed E-state index contributed by atoms with van der Waals surface area (Å²) in [6.45, 7) is 0.163. The third-order valence-corrected chi connectivity index (χ3v) is 8.10. The fourth-order valence-electron chi connectivity index (χ4n) is 5.45. The van der Waals surface area contributed by atoms with Gasteiger partial charge in [0.15, 0.2) is 0 Å². The minimum absolute atomic E-state index is 0.168. The average molecular weight is 569 g/mol. The number of rotatable bonds is 9. The Bertz CT molecular complexity index is 1490. The molecule has 0 fully saturated rings. The van der Waals surface area contributed by atoms with Gasteiger partial charge < -0.3 is 20.3 Å². The van der Waals surface area contributed by atoms with Gasteiger partial charge in [-0.15, -0.1) is 11.3 Å². The minimum atomic E-state index is -0.542. The SMILES string of the molecule is COC(=O)c1cccc(NC(=O)NCC(=O)N(Cc2nccs2)C2c3ccccc3CCC2Cc2ccccc2)c1. The van der Waals surface area contributed by atoms with Gasteiger partial charge in [-0.05, 0) is 60.1 Å². The second-order valence-corrected chi connectivity index (χ2v) is 10.9. The molecule has 0 spiro atoms. The molecule has 41 heavy (non-hydrogen) atoms. The number of thiazole rings is 1. The van der Waals surface area contributed by atoms with Crippen LogP contribution in [0.4, 0.5) is 10.5 Å². The first kappa shape index (κ1) is 28.0. The predicted octanol–water partition coefficient (Wildman–Crippen LogP) is 5.63. The fraction of sp³-hybridized carbons (Fsp3) is 0.250. The Morgan fingerprint density at radius 3 is 2.61 bits per heavy atom.